The molecule has 11 heteroatoms. The van der Waals surface area contributed by atoms with E-state index in [-0.39, 0.29) is 29.7 Å². The number of Topliss-reactive ketones (excluding diaryl/α,β-unsaturated/α-hetero) is 1. The Morgan fingerprint density at radius 1 is 1.57 bits per heavy atom. The van der Waals surface area contributed by atoms with E-state index in [9.17, 15) is 32.9 Å². The topological polar surface area (TPSA) is 98.9 Å². The highest BCUT2D eigenvalue weighted by atomic mass is 32.2. The van der Waals surface area contributed by atoms with Gasteiger partial charge in [0.25, 0.3) is 5.78 Å². The number of ether oxygens (including phenoxy) is 1. The minimum absolute atomic E-state index is 0.123. The fourth-order valence-corrected chi connectivity index (χ4v) is 2.44. The molecule has 0 N–H and O–H groups in total. The molecule has 0 aromatic heterocycles. The molecule has 7 nitrogen and oxygen atoms in total. The summed E-state index contributed by atoms with van der Waals surface area (Å²) in [5.41, 5.74) is 0. The van der Waals surface area contributed by atoms with Gasteiger partial charge in [0.05, 0.1) is 11.5 Å². The van der Waals surface area contributed by atoms with E-state index in [4.69, 9.17) is 0 Å². The number of alkyl halides is 3. The second-order valence-corrected chi connectivity index (χ2v) is 4.83. The summed E-state index contributed by atoms with van der Waals surface area (Å²) in [6.07, 6.45) is -4.26. The van der Waals surface area contributed by atoms with Crippen molar-refractivity contribution in [1.29, 1.82) is 0 Å². The summed E-state index contributed by atoms with van der Waals surface area (Å²) in [5, 5.41) is 8.41. The van der Waals surface area contributed by atoms with E-state index in [0.29, 0.717) is 0 Å². The van der Waals surface area contributed by atoms with Crippen LogP contribution in [-0.2, 0) is 14.3 Å². The van der Waals surface area contributed by atoms with Crippen molar-refractivity contribution in [1.82, 2.24) is 0 Å². The van der Waals surface area contributed by atoms with Gasteiger partial charge in [0.1, 0.15) is 6.21 Å². The van der Waals surface area contributed by atoms with Crippen molar-refractivity contribution >= 4 is 29.7 Å². The van der Waals surface area contributed by atoms with Crippen LogP contribution in [0.5, 0.6) is 0 Å². The number of hydrogen-bond acceptors (Lipinski definition) is 7. The molecule has 0 bridgehead atoms. The summed E-state index contributed by atoms with van der Waals surface area (Å²) >= 11 is 0.141. The molecular formula is C10H9F3N2O5S. The average Bonchev–Trinajstić information content (AvgIpc) is 2.82. The predicted molar refractivity (Wildman–Crippen MR) is 66.2 cm³/mol. The van der Waals surface area contributed by atoms with Crippen LogP contribution in [0.2, 0.25) is 0 Å². The van der Waals surface area contributed by atoms with Crippen molar-refractivity contribution < 1.29 is 32.4 Å². The lowest BCUT2D eigenvalue weighted by molar-refractivity contribution is -0.426. The van der Waals surface area contributed by atoms with E-state index in [0.717, 1.165) is 6.21 Å². The lowest BCUT2D eigenvalue weighted by atomic mass is 10.3. The third kappa shape index (κ3) is 4.28. The minimum Gasteiger partial charge on any atom is -0.465 e. The Hall–Kier alpha value is -1.91. The van der Waals surface area contributed by atoms with Gasteiger partial charge in [0, 0.05) is 6.42 Å². The summed E-state index contributed by atoms with van der Waals surface area (Å²) in [6.45, 7) is 1.14. The number of hydrogen-bond donors (Lipinski definition) is 0. The summed E-state index contributed by atoms with van der Waals surface area (Å²) in [6, 6.07) is 0. The first-order chi connectivity index (χ1) is 9.68. The third-order valence-electron chi connectivity index (χ3n) is 2.19. The zero-order chi connectivity index (χ0) is 16.2. The number of allylic oxidation sites excluding steroid dienone is 1. The van der Waals surface area contributed by atoms with Crippen LogP contribution in [0.3, 0.4) is 0 Å². The van der Waals surface area contributed by atoms with Gasteiger partial charge in [-0.3, -0.25) is 9.59 Å². The monoisotopic (exact) mass is 326 g/mol. The molecule has 0 amide bonds. The van der Waals surface area contributed by atoms with Crippen LogP contribution in [0.25, 0.3) is 0 Å². The van der Waals surface area contributed by atoms with Crippen molar-refractivity contribution in [2.24, 2.45) is 4.99 Å². The quantitative estimate of drug-likeness (QED) is 0.319. The number of halogens is 3. The SMILES string of the molecule is CCOC(=O)C(SC1=C([N+](=O)[O-])N=CC1)C(=O)C(F)(F)F. The van der Waals surface area contributed by atoms with Gasteiger partial charge in [-0.05, 0) is 16.8 Å². The Morgan fingerprint density at radius 2 is 2.19 bits per heavy atom. The molecule has 0 aliphatic carbocycles. The van der Waals surface area contributed by atoms with E-state index in [1.54, 1.807) is 0 Å². The molecule has 0 radical (unpaired) electrons. The molecule has 1 aliphatic heterocycles. The van der Waals surface area contributed by atoms with E-state index in [2.05, 4.69) is 9.73 Å². The fraction of sp³-hybridized carbons (Fsp3) is 0.500. The van der Waals surface area contributed by atoms with Crippen LogP contribution in [0.15, 0.2) is 15.7 Å². The lowest BCUT2D eigenvalue weighted by Gasteiger charge is -2.15. The van der Waals surface area contributed by atoms with Gasteiger partial charge in [-0.1, -0.05) is 11.8 Å². The minimum atomic E-state index is -5.25. The average molecular weight is 326 g/mol. The molecule has 116 valence electrons. The first-order valence-electron chi connectivity index (χ1n) is 5.52. The normalized spacial score (nSPS) is 16.0. The van der Waals surface area contributed by atoms with Crippen LogP contribution in [0.4, 0.5) is 13.2 Å². The van der Waals surface area contributed by atoms with Gasteiger partial charge in [-0.25, -0.2) is 0 Å². The number of aliphatic imine (C=N–C) groups is 1. The van der Waals surface area contributed by atoms with Crippen LogP contribution < -0.4 is 0 Å². The number of ketones is 1. The molecule has 0 fully saturated rings. The molecule has 0 aromatic carbocycles. The zero-order valence-electron chi connectivity index (χ0n) is 10.5. The van der Waals surface area contributed by atoms with Crippen molar-refractivity contribution in [3.05, 3.63) is 20.8 Å². The Balaban J connectivity index is 3.04. The number of carbonyl (C=O) groups excluding carboxylic acids is 2. The van der Waals surface area contributed by atoms with E-state index in [1.165, 1.54) is 6.92 Å². The maximum absolute atomic E-state index is 12.5. The number of esters is 1. The van der Waals surface area contributed by atoms with Crippen molar-refractivity contribution in [2.75, 3.05) is 6.61 Å². The first kappa shape index (κ1) is 17.1. The standard InChI is InChI=1S/C10H9F3N2O5S/c1-2-20-9(17)6(7(16)10(11,12)13)21-5-3-4-14-8(5)15(18)19/h4,6H,2-3H2,1H3. The van der Waals surface area contributed by atoms with Gasteiger partial charge < -0.3 is 14.9 Å². The fourth-order valence-electron chi connectivity index (χ4n) is 1.35. The Kier molecular flexibility index (Phi) is 5.47. The molecule has 1 rings (SSSR count). The van der Waals surface area contributed by atoms with E-state index < -0.39 is 33.9 Å². The Labute approximate surface area is 120 Å². The van der Waals surface area contributed by atoms with Crippen molar-refractivity contribution in [2.45, 2.75) is 24.8 Å². The zero-order valence-corrected chi connectivity index (χ0v) is 11.4. The summed E-state index contributed by atoms with van der Waals surface area (Å²) < 4.78 is 41.8. The van der Waals surface area contributed by atoms with Crippen molar-refractivity contribution in [3.63, 3.8) is 0 Å². The first-order valence-corrected chi connectivity index (χ1v) is 6.40. The highest BCUT2D eigenvalue weighted by Gasteiger charge is 2.48. The molecule has 21 heavy (non-hydrogen) atoms. The molecule has 0 saturated heterocycles. The lowest BCUT2D eigenvalue weighted by Crippen LogP contribution is -2.38. The molecule has 1 atom stereocenters. The number of nitro groups is 1. The smallest absolute Gasteiger partial charge is 0.451 e. The van der Waals surface area contributed by atoms with Gasteiger partial charge in [0.15, 0.2) is 5.25 Å². The van der Waals surface area contributed by atoms with Gasteiger partial charge >= 0.3 is 18.0 Å². The van der Waals surface area contributed by atoms with E-state index >= 15 is 0 Å². The molecule has 1 heterocycles. The molecular weight excluding hydrogens is 317 g/mol. The summed E-state index contributed by atoms with van der Waals surface area (Å²) in [5.74, 6) is -4.40. The second kappa shape index (κ2) is 6.70. The number of carbonyl (C=O) groups is 2. The Bertz CT molecular complexity index is 529. The van der Waals surface area contributed by atoms with Crippen LogP contribution in [-0.4, -0.2) is 40.9 Å². The van der Waals surface area contributed by atoms with Crippen LogP contribution in [0.1, 0.15) is 13.3 Å². The molecule has 0 aromatic rings. The number of nitrogens with zero attached hydrogens (tertiary/aromatic N) is 2. The maximum atomic E-state index is 12.5. The molecule has 1 unspecified atom stereocenters. The third-order valence-corrected chi connectivity index (χ3v) is 3.47. The predicted octanol–water partition coefficient (Wildman–Crippen LogP) is 1.70. The van der Waals surface area contributed by atoms with Crippen molar-refractivity contribution in [3.8, 4) is 0 Å². The highest BCUT2D eigenvalue weighted by molar-refractivity contribution is 8.05. The number of rotatable bonds is 6. The van der Waals surface area contributed by atoms with Gasteiger partial charge in [-0.15, -0.1) is 0 Å². The van der Waals surface area contributed by atoms with Gasteiger partial charge in [-0.2, -0.15) is 13.2 Å². The number of thioether (sulfide) groups is 1. The molecule has 0 saturated carbocycles. The molecule has 0 spiro atoms. The Morgan fingerprint density at radius 3 is 2.67 bits per heavy atom. The summed E-state index contributed by atoms with van der Waals surface area (Å²) in [4.78, 5) is 35.7. The largest absolute Gasteiger partial charge is 0.465 e. The van der Waals surface area contributed by atoms with Crippen LogP contribution >= 0.6 is 11.8 Å². The molecule has 1 aliphatic rings. The maximum Gasteiger partial charge on any atom is 0.451 e. The van der Waals surface area contributed by atoms with Crippen LogP contribution in [0, 0.1) is 10.1 Å². The van der Waals surface area contributed by atoms with Gasteiger partial charge in [0.2, 0.25) is 0 Å². The second-order valence-electron chi connectivity index (χ2n) is 3.63. The highest BCUT2D eigenvalue weighted by Crippen LogP contribution is 2.35. The summed E-state index contributed by atoms with van der Waals surface area (Å²) in [7, 11) is 0. The van der Waals surface area contributed by atoms with E-state index in [1.807, 2.05) is 0 Å².